The minimum Gasteiger partial charge on any atom is -0.384 e. The van der Waals surface area contributed by atoms with Gasteiger partial charge < -0.3 is 14.6 Å². The van der Waals surface area contributed by atoms with Crippen LogP contribution in [-0.4, -0.2) is 29.9 Å². The van der Waals surface area contributed by atoms with Crippen LogP contribution in [0.3, 0.4) is 0 Å². The van der Waals surface area contributed by atoms with Crippen molar-refractivity contribution in [1.82, 2.24) is 15.5 Å². The number of fused-ring (bicyclic) bond motifs is 1. The highest BCUT2D eigenvalue weighted by molar-refractivity contribution is 5.33. The van der Waals surface area contributed by atoms with E-state index in [2.05, 4.69) is 46.6 Å². The molecule has 1 aliphatic carbocycles. The Kier molecular flexibility index (Phi) is 4.31. The monoisotopic (exact) mass is 287 g/mol. The largest absolute Gasteiger partial charge is 0.384 e. The van der Waals surface area contributed by atoms with Crippen molar-refractivity contribution in [3.63, 3.8) is 0 Å². The molecule has 5 nitrogen and oxygen atoms in total. The average molecular weight is 287 g/mol. The number of nitrogens with zero attached hydrogens (tertiary/aromatic N) is 2. The maximum Gasteiger partial charge on any atom is 0.243 e. The van der Waals surface area contributed by atoms with Crippen LogP contribution < -0.4 is 5.32 Å². The van der Waals surface area contributed by atoms with Gasteiger partial charge in [0.1, 0.15) is 0 Å². The van der Waals surface area contributed by atoms with Gasteiger partial charge in [-0.25, -0.2) is 0 Å². The lowest BCUT2D eigenvalue weighted by Gasteiger charge is -2.15. The maximum absolute atomic E-state index is 5.33. The summed E-state index contributed by atoms with van der Waals surface area (Å²) in [5, 5.41) is 7.57. The summed E-state index contributed by atoms with van der Waals surface area (Å²) in [6.07, 6.45) is 2.80. The Hall–Kier alpha value is -1.72. The summed E-state index contributed by atoms with van der Waals surface area (Å²) in [5.41, 5.74) is 2.88. The fourth-order valence-corrected chi connectivity index (χ4v) is 2.84. The Balaban J connectivity index is 1.57. The van der Waals surface area contributed by atoms with E-state index in [-0.39, 0.29) is 6.04 Å². The van der Waals surface area contributed by atoms with Crippen LogP contribution in [-0.2, 0) is 24.0 Å². The van der Waals surface area contributed by atoms with Gasteiger partial charge in [0.05, 0.1) is 12.6 Å². The SMILES string of the molecule is COCCc1noc([C@@H](C)NC2Cc3ccccc3C2)n1. The number of hydrogen-bond donors (Lipinski definition) is 1. The van der Waals surface area contributed by atoms with Crippen LogP contribution in [0.4, 0.5) is 0 Å². The molecule has 0 amide bonds. The van der Waals surface area contributed by atoms with Gasteiger partial charge in [-0.1, -0.05) is 29.4 Å². The van der Waals surface area contributed by atoms with E-state index < -0.39 is 0 Å². The molecular formula is C16H21N3O2. The summed E-state index contributed by atoms with van der Waals surface area (Å²) < 4.78 is 10.4. The lowest BCUT2D eigenvalue weighted by Crippen LogP contribution is -2.32. The fourth-order valence-electron chi connectivity index (χ4n) is 2.84. The van der Waals surface area contributed by atoms with Crippen molar-refractivity contribution < 1.29 is 9.26 Å². The number of nitrogens with one attached hydrogen (secondary N) is 1. The van der Waals surface area contributed by atoms with Gasteiger partial charge in [0, 0.05) is 19.6 Å². The van der Waals surface area contributed by atoms with Crippen LogP contribution in [0.2, 0.25) is 0 Å². The summed E-state index contributed by atoms with van der Waals surface area (Å²) in [5.74, 6) is 1.35. The van der Waals surface area contributed by atoms with Gasteiger partial charge in [0.25, 0.3) is 0 Å². The zero-order chi connectivity index (χ0) is 14.7. The van der Waals surface area contributed by atoms with Crippen molar-refractivity contribution in [2.75, 3.05) is 13.7 Å². The Bertz CT molecular complexity index is 572. The molecule has 1 N–H and O–H groups in total. The van der Waals surface area contributed by atoms with E-state index in [0.29, 0.717) is 30.8 Å². The van der Waals surface area contributed by atoms with E-state index in [1.807, 2.05) is 0 Å². The smallest absolute Gasteiger partial charge is 0.243 e. The third-order valence-electron chi connectivity index (χ3n) is 3.92. The molecule has 1 heterocycles. The van der Waals surface area contributed by atoms with E-state index in [1.54, 1.807) is 7.11 Å². The maximum atomic E-state index is 5.33. The summed E-state index contributed by atoms with van der Waals surface area (Å²) in [6, 6.07) is 9.11. The number of aromatic nitrogens is 2. The van der Waals surface area contributed by atoms with Crippen LogP contribution in [0, 0.1) is 0 Å². The highest BCUT2D eigenvalue weighted by Gasteiger charge is 2.24. The highest BCUT2D eigenvalue weighted by atomic mass is 16.5. The fraction of sp³-hybridized carbons (Fsp3) is 0.500. The van der Waals surface area contributed by atoms with Crippen LogP contribution in [0.5, 0.6) is 0 Å². The number of ether oxygens (including phenoxy) is 1. The molecule has 0 radical (unpaired) electrons. The van der Waals surface area contributed by atoms with E-state index in [9.17, 15) is 0 Å². The molecule has 1 atom stereocenters. The van der Waals surface area contributed by atoms with Gasteiger partial charge >= 0.3 is 0 Å². The third-order valence-corrected chi connectivity index (χ3v) is 3.92. The highest BCUT2D eigenvalue weighted by Crippen LogP contribution is 2.23. The number of hydrogen-bond acceptors (Lipinski definition) is 5. The minimum absolute atomic E-state index is 0.0631. The van der Waals surface area contributed by atoms with Crippen LogP contribution in [0.25, 0.3) is 0 Å². The minimum atomic E-state index is 0.0631. The molecule has 1 aromatic heterocycles. The zero-order valence-electron chi connectivity index (χ0n) is 12.5. The standard InChI is InChI=1S/C16H21N3O2/c1-11(16-18-15(19-21-16)7-8-20-2)17-14-9-12-5-3-4-6-13(12)10-14/h3-6,11,14,17H,7-10H2,1-2H3/t11-/m1/s1. The third kappa shape index (κ3) is 3.31. The normalized spacial score (nSPS) is 16.1. The predicted molar refractivity (Wildman–Crippen MR) is 79.1 cm³/mol. The Morgan fingerprint density at radius 1 is 1.33 bits per heavy atom. The first kappa shape index (κ1) is 14.2. The molecule has 1 aliphatic rings. The molecule has 5 heteroatoms. The van der Waals surface area contributed by atoms with E-state index in [0.717, 1.165) is 12.8 Å². The average Bonchev–Trinajstić information content (AvgIpc) is 3.11. The van der Waals surface area contributed by atoms with Gasteiger partial charge in [0.2, 0.25) is 5.89 Å². The molecule has 112 valence electrons. The van der Waals surface area contributed by atoms with E-state index >= 15 is 0 Å². The number of benzene rings is 1. The quantitative estimate of drug-likeness (QED) is 0.881. The number of rotatable bonds is 6. The molecule has 0 unspecified atom stereocenters. The molecule has 0 saturated heterocycles. The first-order valence-electron chi connectivity index (χ1n) is 7.40. The molecular weight excluding hydrogens is 266 g/mol. The van der Waals surface area contributed by atoms with Gasteiger partial charge in [0.15, 0.2) is 5.82 Å². The van der Waals surface area contributed by atoms with E-state index in [1.165, 1.54) is 11.1 Å². The molecule has 0 spiro atoms. The van der Waals surface area contributed by atoms with Crippen LogP contribution in [0.15, 0.2) is 28.8 Å². The second-order valence-electron chi connectivity index (χ2n) is 5.55. The number of methoxy groups -OCH3 is 1. The molecule has 0 bridgehead atoms. The van der Waals surface area contributed by atoms with Gasteiger partial charge in [-0.3, -0.25) is 0 Å². The Labute approximate surface area is 124 Å². The zero-order valence-corrected chi connectivity index (χ0v) is 12.5. The topological polar surface area (TPSA) is 60.2 Å². The molecule has 0 aliphatic heterocycles. The van der Waals surface area contributed by atoms with Crippen molar-refractivity contribution in [3.05, 3.63) is 47.1 Å². The first-order chi connectivity index (χ1) is 10.3. The molecule has 3 rings (SSSR count). The van der Waals surface area contributed by atoms with Gasteiger partial charge in [-0.05, 0) is 30.9 Å². The van der Waals surface area contributed by atoms with Crippen molar-refractivity contribution >= 4 is 0 Å². The van der Waals surface area contributed by atoms with Gasteiger partial charge in [-0.2, -0.15) is 4.98 Å². The Morgan fingerprint density at radius 2 is 2.05 bits per heavy atom. The molecule has 1 aromatic carbocycles. The van der Waals surface area contributed by atoms with Crippen molar-refractivity contribution in [1.29, 1.82) is 0 Å². The van der Waals surface area contributed by atoms with Crippen molar-refractivity contribution in [2.45, 2.75) is 38.3 Å². The first-order valence-corrected chi connectivity index (χ1v) is 7.40. The molecule has 2 aromatic rings. The lowest BCUT2D eigenvalue weighted by atomic mass is 10.1. The van der Waals surface area contributed by atoms with Crippen LogP contribution in [0.1, 0.15) is 35.8 Å². The molecule has 0 fully saturated rings. The molecule has 0 saturated carbocycles. The summed E-state index contributed by atoms with van der Waals surface area (Å²) in [4.78, 5) is 4.42. The summed E-state index contributed by atoms with van der Waals surface area (Å²) in [6.45, 7) is 2.68. The second-order valence-corrected chi connectivity index (χ2v) is 5.55. The van der Waals surface area contributed by atoms with E-state index in [4.69, 9.17) is 9.26 Å². The van der Waals surface area contributed by atoms with Crippen LogP contribution >= 0.6 is 0 Å². The Morgan fingerprint density at radius 3 is 2.71 bits per heavy atom. The lowest BCUT2D eigenvalue weighted by molar-refractivity contribution is 0.199. The van der Waals surface area contributed by atoms with Crippen molar-refractivity contribution in [3.8, 4) is 0 Å². The van der Waals surface area contributed by atoms with Crippen molar-refractivity contribution in [2.24, 2.45) is 0 Å². The van der Waals surface area contributed by atoms with Gasteiger partial charge in [-0.15, -0.1) is 0 Å². The molecule has 21 heavy (non-hydrogen) atoms. The summed E-state index contributed by atoms with van der Waals surface area (Å²) >= 11 is 0. The summed E-state index contributed by atoms with van der Waals surface area (Å²) in [7, 11) is 1.67. The second kappa shape index (κ2) is 6.37. The predicted octanol–water partition coefficient (Wildman–Crippen LogP) is 2.08.